The summed E-state index contributed by atoms with van der Waals surface area (Å²) in [5, 5.41) is 9.21. The monoisotopic (exact) mass is 427 g/mol. The number of nitrogens with one attached hydrogen (secondary N) is 1. The van der Waals surface area contributed by atoms with Crippen molar-refractivity contribution in [2.75, 3.05) is 26.2 Å². The van der Waals surface area contributed by atoms with Crippen molar-refractivity contribution in [1.82, 2.24) is 24.6 Å². The Morgan fingerprint density at radius 2 is 1.97 bits per heavy atom. The number of aromatic nitrogens is 3. The van der Waals surface area contributed by atoms with E-state index in [1.165, 1.54) is 5.56 Å². The molecule has 0 atom stereocenters. The molecule has 0 bridgehead atoms. The molecule has 1 aliphatic heterocycles. The third-order valence-electron chi connectivity index (χ3n) is 5.24. The van der Waals surface area contributed by atoms with Crippen molar-refractivity contribution in [3.63, 3.8) is 0 Å². The molecule has 0 radical (unpaired) electrons. The number of carbonyl (C=O) groups is 1. The molecule has 1 saturated heterocycles. The molecular formula is C21H25N5OS2. The second-order valence-electron chi connectivity index (χ2n) is 7.23. The van der Waals surface area contributed by atoms with E-state index in [0.717, 1.165) is 49.8 Å². The first-order valence-corrected chi connectivity index (χ1v) is 11.2. The third-order valence-corrected chi connectivity index (χ3v) is 6.42. The van der Waals surface area contributed by atoms with Crippen LogP contribution in [0.15, 0.2) is 47.8 Å². The molecule has 6 nitrogen and oxygen atoms in total. The van der Waals surface area contributed by atoms with Crippen LogP contribution in [0.3, 0.4) is 0 Å². The van der Waals surface area contributed by atoms with E-state index in [9.17, 15) is 4.79 Å². The number of thiophene rings is 1. The van der Waals surface area contributed by atoms with Gasteiger partial charge in [-0.15, -0.1) is 11.3 Å². The fraction of sp³-hybridized carbons (Fsp3) is 0.381. The van der Waals surface area contributed by atoms with Crippen molar-refractivity contribution in [1.29, 1.82) is 0 Å². The number of amides is 1. The zero-order chi connectivity index (χ0) is 20.1. The average Bonchev–Trinajstić information content (AvgIpc) is 3.32. The van der Waals surface area contributed by atoms with Gasteiger partial charge in [-0.1, -0.05) is 36.4 Å². The lowest BCUT2D eigenvalue weighted by Crippen LogP contribution is -2.35. The van der Waals surface area contributed by atoms with Crippen LogP contribution in [0.4, 0.5) is 0 Å². The predicted molar refractivity (Wildman–Crippen MR) is 118 cm³/mol. The Kier molecular flexibility index (Phi) is 6.53. The van der Waals surface area contributed by atoms with E-state index < -0.39 is 0 Å². The summed E-state index contributed by atoms with van der Waals surface area (Å²) in [7, 11) is 0. The number of aromatic amines is 1. The molecule has 1 aromatic carbocycles. The SMILES string of the molecule is O=C(CCn1c(-c2cccs2)n[nH]c1=S)N1CCCN(Cc2ccccc2)CC1. The molecule has 152 valence electrons. The van der Waals surface area contributed by atoms with Gasteiger partial charge in [0.25, 0.3) is 0 Å². The molecule has 0 unspecified atom stereocenters. The van der Waals surface area contributed by atoms with Crippen molar-refractivity contribution in [2.45, 2.75) is 25.9 Å². The van der Waals surface area contributed by atoms with E-state index in [-0.39, 0.29) is 5.91 Å². The maximum atomic E-state index is 12.9. The summed E-state index contributed by atoms with van der Waals surface area (Å²) in [5.74, 6) is 0.995. The number of carbonyl (C=O) groups excluding carboxylic acids is 1. The molecule has 1 N–H and O–H groups in total. The van der Waals surface area contributed by atoms with Gasteiger partial charge in [0.15, 0.2) is 10.6 Å². The highest BCUT2D eigenvalue weighted by Gasteiger charge is 2.20. The van der Waals surface area contributed by atoms with Crippen molar-refractivity contribution in [3.05, 3.63) is 58.2 Å². The first-order chi connectivity index (χ1) is 14.2. The first kappa shape index (κ1) is 20.0. The van der Waals surface area contributed by atoms with E-state index in [1.54, 1.807) is 11.3 Å². The van der Waals surface area contributed by atoms with E-state index in [1.807, 2.05) is 33.0 Å². The van der Waals surface area contributed by atoms with Crippen LogP contribution in [-0.2, 0) is 17.9 Å². The maximum Gasteiger partial charge on any atom is 0.224 e. The minimum atomic E-state index is 0.187. The molecule has 29 heavy (non-hydrogen) atoms. The Bertz CT molecular complexity index is 980. The number of rotatable bonds is 6. The van der Waals surface area contributed by atoms with E-state index in [2.05, 4.69) is 39.4 Å². The molecule has 4 rings (SSSR count). The van der Waals surface area contributed by atoms with Gasteiger partial charge >= 0.3 is 0 Å². The van der Waals surface area contributed by atoms with Crippen LogP contribution >= 0.6 is 23.6 Å². The molecule has 1 aliphatic rings. The molecule has 8 heteroatoms. The van der Waals surface area contributed by atoms with Crippen LogP contribution in [0.2, 0.25) is 0 Å². The summed E-state index contributed by atoms with van der Waals surface area (Å²) in [6, 6.07) is 14.5. The van der Waals surface area contributed by atoms with Gasteiger partial charge in [0.2, 0.25) is 5.91 Å². The fourth-order valence-electron chi connectivity index (χ4n) is 3.70. The molecule has 1 fully saturated rings. The van der Waals surface area contributed by atoms with Gasteiger partial charge < -0.3 is 4.90 Å². The number of hydrogen-bond donors (Lipinski definition) is 1. The van der Waals surface area contributed by atoms with Crippen LogP contribution in [-0.4, -0.2) is 56.7 Å². The average molecular weight is 428 g/mol. The van der Waals surface area contributed by atoms with E-state index in [4.69, 9.17) is 12.2 Å². The van der Waals surface area contributed by atoms with Crippen LogP contribution in [0, 0.1) is 4.77 Å². The normalized spacial score (nSPS) is 15.4. The minimum Gasteiger partial charge on any atom is -0.341 e. The lowest BCUT2D eigenvalue weighted by atomic mass is 10.2. The van der Waals surface area contributed by atoms with E-state index in [0.29, 0.717) is 17.7 Å². The Morgan fingerprint density at radius 3 is 2.76 bits per heavy atom. The topological polar surface area (TPSA) is 57.2 Å². The molecule has 0 spiro atoms. The summed E-state index contributed by atoms with van der Waals surface area (Å²) in [6.45, 7) is 5.02. The second-order valence-corrected chi connectivity index (χ2v) is 8.56. The van der Waals surface area contributed by atoms with Gasteiger partial charge in [-0.3, -0.25) is 19.4 Å². The minimum absolute atomic E-state index is 0.187. The summed E-state index contributed by atoms with van der Waals surface area (Å²) >= 11 is 6.99. The zero-order valence-corrected chi connectivity index (χ0v) is 17.9. The first-order valence-electron chi connectivity index (χ1n) is 9.94. The van der Waals surface area contributed by atoms with Gasteiger partial charge in [-0.05, 0) is 35.6 Å². The van der Waals surface area contributed by atoms with Gasteiger partial charge in [-0.2, -0.15) is 5.10 Å². The second kappa shape index (κ2) is 9.47. The molecule has 0 saturated carbocycles. The number of nitrogens with zero attached hydrogens (tertiary/aromatic N) is 4. The molecular weight excluding hydrogens is 402 g/mol. The van der Waals surface area contributed by atoms with Gasteiger partial charge in [0.05, 0.1) is 4.88 Å². The Hall–Kier alpha value is -2.29. The fourth-order valence-corrected chi connectivity index (χ4v) is 4.65. The highest BCUT2D eigenvalue weighted by molar-refractivity contribution is 7.71. The molecule has 0 aliphatic carbocycles. The molecule has 3 aromatic rings. The lowest BCUT2D eigenvalue weighted by molar-refractivity contribution is -0.131. The summed E-state index contributed by atoms with van der Waals surface area (Å²) in [4.78, 5) is 18.3. The quantitative estimate of drug-likeness (QED) is 0.608. The van der Waals surface area contributed by atoms with E-state index >= 15 is 0 Å². The summed E-state index contributed by atoms with van der Waals surface area (Å²) in [5.41, 5.74) is 1.32. The third kappa shape index (κ3) is 5.01. The highest BCUT2D eigenvalue weighted by atomic mass is 32.1. The number of benzene rings is 1. The van der Waals surface area contributed by atoms with Crippen LogP contribution in [0.25, 0.3) is 10.7 Å². The predicted octanol–water partition coefficient (Wildman–Crippen LogP) is 3.79. The van der Waals surface area contributed by atoms with Crippen LogP contribution in [0.1, 0.15) is 18.4 Å². The standard InChI is InChI=1S/C21H25N5OS2/c27-19(9-12-26-20(22-23-21(26)28)18-8-4-15-29-18)25-11-5-10-24(13-14-25)16-17-6-2-1-3-7-17/h1-4,6-8,15H,5,9-14,16H2,(H,23,28). The number of hydrogen-bond acceptors (Lipinski definition) is 5. The molecule has 3 heterocycles. The van der Waals surface area contributed by atoms with Crippen LogP contribution < -0.4 is 0 Å². The highest BCUT2D eigenvalue weighted by Crippen LogP contribution is 2.23. The smallest absolute Gasteiger partial charge is 0.224 e. The molecule has 1 amide bonds. The van der Waals surface area contributed by atoms with Gasteiger partial charge in [0, 0.05) is 45.7 Å². The number of H-pyrrole nitrogens is 1. The van der Waals surface area contributed by atoms with Gasteiger partial charge in [0.1, 0.15) is 0 Å². The molecule has 2 aromatic heterocycles. The van der Waals surface area contributed by atoms with Crippen LogP contribution in [0.5, 0.6) is 0 Å². The van der Waals surface area contributed by atoms with Gasteiger partial charge in [-0.25, -0.2) is 0 Å². The maximum absolute atomic E-state index is 12.9. The van der Waals surface area contributed by atoms with Crippen molar-refractivity contribution < 1.29 is 4.79 Å². The summed E-state index contributed by atoms with van der Waals surface area (Å²) < 4.78 is 2.49. The largest absolute Gasteiger partial charge is 0.341 e. The Labute approximate surface area is 179 Å². The Morgan fingerprint density at radius 1 is 1.10 bits per heavy atom. The van der Waals surface area contributed by atoms with Crippen molar-refractivity contribution >= 4 is 29.5 Å². The van der Waals surface area contributed by atoms with Crippen molar-refractivity contribution in [3.8, 4) is 10.7 Å². The summed E-state index contributed by atoms with van der Waals surface area (Å²) in [6.07, 6.45) is 1.44. The van der Waals surface area contributed by atoms with Crippen molar-refractivity contribution in [2.24, 2.45) is 0 Å². The zero-order valence-electron chi connectivity index (χ0n) is 16.3. The Balaban J connectivity index is 1.33. The lowest BCUT2D eigenvalue weighted by Gasteiger charge is -2.22.